The van der Waals surface area contributed by atoms with Gasteiger partial charge in [-0.2, -0.15) is 0 Å². The van der Waals surface area contributed by atoms with Crippen LogP contribution in [0.2, 0.25) is 0 Å². The summed E-state index contributed by atoms with van der Waals surface area (Å²) < 4.78 is 34.5. The number of hydrogen-bond acceptors (Lipinski definition) is 4. The number of nitrogens with two attached hydrogens (primary N) is 1. The van der Waals surface area contributed by atoms with Gasteiger partial charge in [-0.1, -0.05) is 24.3 Å². The van der Waals surface area contributed by atoms with Crippen molar-refractivity contribution in [3.05, 3.63) is 70.3 Å². The molecular formula is C21H25ClF2N4O3. The highest BCUT2D eigenvalue weighted by atomic mass is 35.5. The first-order chi connectivity index (χ1) is 14.3. The van der Waals surface area contributed by atoms with Gasteiger partial charge in [0.15, 0.2) is 6.10 Å². The maximum absolute atomic E-state index is 14.6. The third-order valence-corrected chi connectivity index (χ3v) is 4.24. The number of nitrogens with one attached hydrogen (secondary N) is 3. The smallest absolute Gasteiger partial charge is 0.254 e. The molecule has 5 N–H and O–H groups in total. The normalized spacial score (nSPS) is 11.2. The number of benzene rings is 2. The quantitative estimate of drug-likeness (QED) is 0.344. The zero-order valence-corrected chi connectivity index (χ0v) is 17.9. The van der Waals surface area contributed by atoms with Crippen LogP contribution in [0, 0.1) is 17.0 Å². The number of halogens is 3. The maximum atomic E-state index is 14.6. The summed E-state index contributed by atoms with van der Waals surface area (Å²) in [4.78, 5) is 24.4. The summed E-state index contributed by atoms with van der Waals surface area (Å²) in [6.07, 6.45) is -1.52. The minimum absolute atomic E-state index is 0. The molecule has 31 heavy (non-hydrogen) atoms. The van der Waals surface area contributed by atoms with Crippen molar-refractivity contribution in [2.45, 2.75) is 26.5 Å². The molecule has 2 rings (SSSR count). The van der Waals surface area contributed by atoms with E-state index < -0.39 is 35.1 Å². The third-order valence-electron chi connectivity index (χ3n) is 4.24. The molecule has 7 nitrogen and oxygen atoms in total. The molecular weight excluding hydrogens is 430 g/mol. The van der Waals surface area contributed by atoms with E-state index in [2.05, 4.69) is 10.6 Å². The summed E-state index contributed by atoms with van der Waals surface area (Å²) in [7, 11) is 0. The topological polar surface area (TPSA) is 117 Å². The van der Waals surface area contributed by atoms with Crippen LogP contribution in [0.15, 0.2) is 36.4 Å². The van der Waals surface area contributed by atoms with Crippen LogP contribution in [-0.2, 0) is 16.1 Å². The van der Waals surface area contributed by atoms with E-state index in [1.807, 2.05) is 0 Å². The highest BCUT2D eigenvalue weighted by molar-refractivity contribution is 5.95. The molecule has 0 radical (unpaired) electrons. The fourth-order valence-corrected chi connectivity index (χ4v) is 2.77. The molecule has 0 saturated heterocycles. The maximum Gasteiger partial charge on any atom is 0.254 e. The summed E-state index contributed by atoms with van der Waals surface area (Å²) in [5.41, 5.74) is 5.90. The van der Waals surface area contributed by atoms with E-state index in [9.17, 15) is 18.4 Å². The molecule has 2 aromatic carbocycles. The minimum Gasteiger partial charge on any atom is -0.384 e. The monoisotopic (exact) mass is 454 g/mol. The summed E-state index contributed by atoms with van der Waals surface area (Å²) in [5.74, 6) is -3.51. The van der Waals surface area contributed by atoms with Gasteiger partial charge in [0.2, 0.25) is 0 Å². The van der Waals surface area contributed by atoms with Crippen molar-refractivity contribution in [3.63, 3.8) is 0 Å². The van der Waals surface area contributed by atoms with Crippen LogP contribution in [0.1, 0.15) is 47.0 Å². The molecule has 0 aliphatic heterocycles. The van der Waals surface area contributed by atoms with Crippen molar-refractivity contribution in [1.82, 2.24) is 10.6 Å². The Balaban J connectivity index is 0.00000480. The lowest BCUT2D eigenvalue weighted by atomic mass is 10.0. The van der Waals surface area contributed by atoms with Crippen molar-refractivity contribution in [2.75, 3.05) is 13.2 Å². The number of carbonyl (C=O) groups is 2. The number of carbonyl (C=O) groups excluding carboxylic acids is 2. The highest BCUT2D eigenvalue weighted by Gasteiger charge is 2.29. The molecule has 0 aliphatic carbocycles. The first kappa shape index (κ1) is 26.0. The van der Waals surface area contributed by atoms with Crippen molar-refractivity contribution < 1.29 is 23.1 Å². The summed E-state index contributed by atoms with van der Waals surface area (Å²) in [5, 5.41) is 12.4. The molecule has 2 amide bonds. The minimum atomic E-state index is -1.52. The van der Waals surface area contributed by atoms with E-state index in [0.717, 1.165) is 12.1 Å². The predicted molar refractivity (Wildman–Crippen MR) is 115 cm³/mol. The second kappa shape index (κ2) is 12.0. The Kier molecular flexibility index (Phi) is 10.0. The van der Waals surface area contributed by atoms with Crippen LogP contribution in [0.3, 0.4) is 0 Å². The van der Waals surface area contributed by atoms with Crippen molar-refractivity contribution >= 4 is 30.1 Å². The summed E-state index contributed by atoms with van der Waals surface area (Å²) in [6, 6.07) is 8.36. The average molecular weight is 455 g/mol. The van der Waals surface area contributed by atoms with E-state index in [0.29, 0.717) is 17.7 Å². The molecule has 168 valence electrons. The van der Waals surface area contributed by atoms with E-state index in [1.54, 1.807) is 38.1 Å². The highest BCUT2D eigenvalue weighted by Crippen LogP contribution is 2.26. The Morgan fingerprint density at radius 2 is 1.65 bits per heavy atom. The first-order valence-corrected chi connectivity index (χ1v) is 9.38. The predicted octanol–water partition coefficient (Wildman–Crippen LogP) is 2.81. The van der Waals surface area contributed by atoms with Gasteiger partial charge in [0.25, 0.3) is 11.8 Å². The molecule has 10 heteroatoms. The van der Waals surface area contributed by atoms with Crippen LogP contribution in [0.25, 0.3) is 0 Å². The van der Waals surface area contributed by atoms with E-state index in [4.69, 9.17) is 15.9 Å². The summed E-state index contributed by atoms with van der Waals surface area (Å²) >= 11 is 0. The first-order valence-electron chi connectivity index (χ1n) is 9.38. The van der Waals surface area contributed by atoms with Crippen LogP contribution in [-0.4, -0.2) is 30.8 Å². The van der Waals surface area contributed by atoms with E-state index in [1.165, 1.54) is 0 Å². The van der Waals surface area contributed by atoms with Crippen molar-refractivity contribution in [1.29, 1.82) is 5.41 Å². The zero-order valence-electron chi connectivity index (χ0n) is 17.1. The lowest BCUT2D eigenvalue weighted by Crippen LogP contribution is -2.32. The molecule has 0 aromatic heterocycles. The van der Waals surface area contributed by atoms with Gasteiger partial charge < -0.3 is 21.1 Å². The number of amidine groups is 1. The average Bonchev–Trinajstić information content (AvgIpc) is 2.71. The SMILES string of the molecule is CCNC(=O)c1cc(F)c(C(OCC)C(=O)NCc2ccc(C(=N)N)cc2)c(F)c1.Cl. The van der Waals surface area contributed by atoms with Crippen LogP contribution in [0.4, 0.5) is 8.78 Å². The number of ether oxygens (including phenoxy) is 1. The number of amides is 2. The molecule has 0 saturated carbocycles. The lowest BCUT2D eigenvalue weighted by Gasteiger charge is -2.19. The van der Waals surface area contributed by atoms with Crippen LogP contribution >= 0.6 is 12.4 Å². The van der Waals surface area contributed by atoms with Crippen LogP contribution < -0.4 is 16.4 Å². The van der Waals surface area contributed by atoms with Gasteiger partial charge in [-0.25, -0.2) is 8.78 Å². The lowest BCUT2D eigenvalue weighted by molar-refractivity contribution is -0.133. The van der Waals surface area contributed by atoms with Crippen molar-refractivity contribution in [3.8, 4) is 0 Å². The molecule has 0 spiro atoms. The standard InChI is InChI=1S/C21H24F2N4O3.ClH/c1-3-26-20(28)14-9-15(22)17(16(23)10-14)18(30-4-2)21(29)27-11-12-5-7-13(8-6-12)19(24)25;/h5-10,18H,3-4,11H2,1-2H3,(H3,24,25)(H,26,28)(H,27,29);1H. The molecule has 0 bridgehead atoms. The molecule has 1 atom stereocenters. The Morgan fingerprint density at radius 1 is 1.06 bits per heavy atom. The second-order valence-corrected chi connectivity index (χ2v) is 6.38. The Bertz CT molecular complexity index is 916. The summed E-state index contributed by atoms with van der Waals surface area (Å²) in [6.45, 7) is 3.71. The van der Waals surface area contributed by atoms with Gasteiger partial charge in [-0.15, -0.1) is 12.4 Å². The zero-order chi connectivity index (χ0) is 22.3. The van der Waals surface area contributed by atoms with Gasteiger partial charge in [0.05, 0.1) is 5.56 Å². The van der Waals surface area contributed by atoms with E-state index >= 15 is 0 Å². The number of hydrogen-bond donors (Lipinski definition) is 4. The van der Waals surface area contributed by atoms with E-state index in [-0.39, 0.29) is 37.0 Å². The van der Waals surface area contributed by atoms with Gasteiger partial charge in [-0.05, 0) is 31.5 Å². The van der Waals surface area contributed by atoms with Gasteiger partial charge in [0.1, 0.15) is 17.5 Å². The molecule has 2 aromatic rings. The fourth-order valence-electron chi connectivity index (χ4n) is 2.77. The van der Waals surface area contributed by atoms with Gasteiger partial charge >= 0.3 is 0 Å². The van der Waals surface area contributed by atoms with Gasteiger partial charge in [0, 0.05) is 30.8 Å². The van der Waals surface area contributed by atoms with Crippen molar-refractivity contribution in [2.24, 2.45) is 5.73 Å². The van der Waals surface area contributed by atoms with Crippen LogP contribution in [0.5, 0.6) is 0 Å². The molecule has 1 unspecified atom stereocenters. The molecule has 0 aliphatic rings. The Morgan fingerprint density at radius 3 is 2.13 bits per heavy atom. The Hall–Kier alpha value is -3.04. The number of rotatable bonds is 9. The Labute approximate surface area is 185 Å². The molecule has 0 heterocycles. The third kappa shape index (κ3) is 6.73. The largest absolute Gasteiger partial charge is 0.384 e. The molecule has 0 fully saturated rings. The number of nitrogen functional groups attached to an aromatic ring is 1. The fraction of sp³-hybridized carbons (Fsp3) is 0.286. The second-order valence-electron chi connectivity index (χ2n) is 6.38. The van der Waals surface area contributed by atoms with Gasteiger partial charge in [-0.3, -0.25) is 15.0 Å².